The van der Waals surface area contributed by atoms with Crippen molar-refractivity contribution < 1.29 is 18.9 Å². The highest BCUT2D eigenvalue weighted by Gasteiger charge is 2.57. The second kappa shape index (κ2) is 4.97. The van der Waals surface area contributed by atoms with Crippen molar-refractivity contribution in [2.24, 2.45) is 0 Å². The number of fused-ring (bicyclic) bond motifs is 1. The fraction of sp³-hybridized carbons (Fsp3) is 0.571. The molecule has 2 fully saturated rings. The topological polar surface area (TPSA) is 40.2 Å². The van der Waals surface area contributed by atoms with E-state index in [-0.39, 0.29) is 30.7 Å². The Morgan fingerprint density at radius 1 is 1.11 bits per heavy atom. The summed E-state index contributed by atoms with van der Waals surface area (Å²) >= 11 is 0. The maximum absolute atomic E-state index is 5.92. The molecule has 2 aliphatic heterocycles. The molecule has 2 saturated heterocycles. The fourth-order valence-electron chi connectivity index (χ4n) is 2.44. The van der Waals surface area contributed by atoms with E-state index in [0.717, 1.165) is 5.56 Å². The zero-order valence-electron chi connectivity index (χ0n) is 10.6. The van der Waals surface area contributed by atoms with Crippen LogP contribution in [0, 0.1) is 0 Å². The number of rotatable bonds is 4. The van der Waals surface area contributed by atoms with E-state index in [1.54, 1.807) is 7.11 Å². The van der Waals surface area contributed by atoms with Crippen molar-refractivity contribution in [2.75, 3.05) is 7.11 Å². The van der Waals surface area contributed by atoms with Gasteiger partial charge < -0.3 is 18.9 Å². The lowest BCUT2D eigenvalue weighted by Crippen LogP contribution is -2.45. The van der Waals surface area contributed by atoms with Crippen LogP contribution >= 0.6 is 0 Å². The van der Waals surface area contributed by atoms with Gasteiger partial charge in [-0.15, -0.1) is 0 Å². The van der Waals surface area contributed by atoms with Crippen molar-refractivity contribution in [1.82, 2.24) is 0 Å². The summed E-state index contributed by atoms with van der Waals surface area (Å²) in [7, 11) is 1.64. The molecule has 0 amide bonds. The van der Waals surface area contributed by atoms with E-state index >= 15 is 0 Å². The standard InChI is InChI=1S/C14H18O4/c1-9-11(12-13(18-12)14(15-2)17-9)16-8-10-6-4-3-5-7-10/h3-7,9,11-14H,8H2,1-2H3/t9-,11-,12-,13-,14+/m1/s1. The van der Waals surface area contributed by atoms with Gasteiger partial charge in [0.2, 0.25) is 0 Å². The van der Waals surface area contributed by atoms with Crippen molar-refractivity contribution in [1.29, 1.82) is 0 Å². The fourth-order valence-corrected chi connectivity index (χ4v) is 2.44. The van der Waals surface area contributed by atoms with Crippen molar-refractivity contribution in [2.45, 2.75) is 44.2 Å². The van der Waals surface area contributed by atoms with Crippen LogP contribution in [0.15, 0.2) is 30.3 Å². The number of methoxy groups -OCH3 is 1. The Kier molecular flexibility index (Phi) is 3.35. The molecule has 2 heterocycles. The van der Waals surface area contributed by atoms with Crippen LogP contribution in [0.25, 0.3) is 0 Å². The third kappa shape index (κ3) is 2.29. The van der Waals surface area contributed by atoms with Gasteiger partial charge in [-0.2, -0.15) is 0 Å². The number of hydrogen-bond acceptors (Lipinski definition) is 4. The molecule has 4 nitrogen and oxygen atoms in total. The maximum Gasteiger partial charge on any atom is 0.186 e. The van der Waals surface area contributed by atoms with Gasteiger partial charge in [-0.1, -0.05) is 30.3 Å². The summed E-state index contributed by atoms with van der Waals surface area (Å²) in [5.74, 6) is 0. The minimum atomic E-state index is -0.249. The SMILES string of the molecule is CO[C@H]1O[C@H](C)[C@@H](OCc2ccccc2)[C@H]2O[C@@H]12. The third-order valence-corrected chi connectivity index (χ3v) is 3.48. The summed E-state index contributed by atoms with van der Waals surface area (Å²) < 4.78 is 22.4. The monoisotopic (exact) mass is 250 g/mol. The largest absolute Gasteiger partial charge is 0.368 e. The Morgan fingerprint density at radius 2 is 1.89 bits per heavy atom. The van der Waals surface area contributed by atoms with Gasteiger partial charge in [-0.05, 0) is 12.5 Å². The van der Waals surface area contributed by atoms with Crippen LogP contribution < -0.4 is 0 Å². The average Bonchev–Trinajstić information content (AvgIpc) is 3.18. The Hall–Kier alpha value is -0.940. The van der Waals surface area contributed by atoms with Crippen molar-refractivity contribution in [3.8, 4) is 0 Å². The molecule has 0 saturated carbocycles. The molecule has 0 unspecified atom stereocenters. The molecule has 2 aliphatic rings. The second-order valence-electron chi connectivity index (χ2n) is 4.77. The molecular formula is C14H18O4. The number of hydrogen-bond donors (Lipinski definition) is 0. The van der Waals surface area contributed by atoms with E-state index in [9.17, 15) is 0 Å². The first-order valence-corrected chi connectivity index (χ1v) is 6.29. The number of epoxide rings is 1. The first-order chi connectivity index (χ1) is 8.79. The van der Waals surface area contributed by atoms with E-state index in [1.165, 1.54) is 0 Å². The third-order valence-electron chi connectivity index (χ3n) is 3.48. The van der Waals surface area contributed by atoms with Gasteiger partial charge in [0.1, 0.15) is 18.3 Å². The van der Waals surface area contributed by atoms with E-state index in [0.29, 0.717) is 6.61 Å². The molecule has 18 heavy (non-hydrogen) atoms. The summed E-state index contributed by atoms with van der Waals surface area (Å²) in [6.45, 7) is 2.59. The van der Waals surface area contributed by atoms with Gasteiger partial charge in [0.15, 0.2) is 6.29 Å². The van der Waals surface area contributed by atoms with Crippen LogP contribution in [-0.2, 0) is 25.6 Å². The second-order valence-corrected chi connectivity index (χ2v) is 4.77. The van der Waals surface area contributed by atoms with Gasteiger partial charge in [-0.25, -0.2) is 0 Å². The zero-order chi connectivity index (χ0) is 12.5. The average molecular weight is 250 g/mol. The van der Waals surface area contributed by atoms with E-state index in [2.05, 4.69) is 12.1 Å². The Labute approximate surface area is 107 Å². The van der Waals surface area contributed by atoms with Gasteiger partial charge >= 0.3 is 0 Å². The first-order valence-electron chi connectivity index (χ1n) is 6.29. The van der Waals surface area contributed by atoms with Gasteiger partial charge in [0, 0.05) is 7.11 Å². The minimum Gasteiger partial charge on any atom is -0.368 e. The Bertz CT molecular complexity index is 392. The molecular weight excluding hydrogens is 232 g/mol. The number of benzene rings is 1. The summed E-state index contributed by atoms with van der Waals surface area (Å²) in [5.41, 5.74) is 1.16. The minimum absolute atomic E-state index is 0.0117. The summed E-state index contributed by atoms with van der Waals surface area (Å²) in [5, 5.41) is 0. The Balaban J connectivity index is 1.58. The normalized spacial score (nSPS) is 38.2. The molecule has 4 heteroatoms. The molecule has 0 bridgehead atoms. The molecule has 3 rings (SSSR count). The lowest BCUT2D eigenvalue weighted by Gasteiger charge is -2.30. The van der Waals surface area contributed by atoms with Gasteiger partial charge in [-0.3, -0.25) is 0 Å². The van der Waals surface area contributed by atoms with Crippen LogP contribution in [0.3, 0.4) is 0 Å². The van der Waals surface area contributed by atoms with Crippen LogP contribution in [0.2, 0.25) is 0 Å². The molecule has 0 radical (unpaired) electrons. The van der Waals surface area contributed by atoms with Crippen LogP contribution in [0.4, 0.5) is 0 Å². The highest BCUT2D eigenvalue weighted by molar-refractivity contribution is 5.13. The number of ether oxygens (including phenoxy) is 4. The predicted octanol–water partition coefficient (Wildman–Crippen LogP) is 1.73. The molecule has 5 atom stereocenters. The van der Waals surface area contributed by atoms with Crippen molar-refractivity contribution in [3.63, 3.8) is 0 Å². The molecule has 1 aromatic carbocycles. The van der Waals surface area contributed by atoms with Crippen LogP contribution in [-0.4, -0.2) is 37.8 Å². The highest BCUT2D eigenvalue weighted by Crippen LogP contribution is 2.39. The lowest BCUT2D eigenvalue weighted by atomic mass is 10.1. The zero-order valence-corrected chi connectivity index (χ0v) is 10.6. The Morgan fingerprint density at radius 3 is 2.61 bits per heavy atom. The van der Waals surface area contributed by atoms with Gasteiger partial charge in [0.25, 0.3) is 0 Å². The lowest BCUT2D eigenvalue weighted by molar-refractivity contribution is -0.203. The molecule has 1 aromatic rings. The van der Waals surface area contributed by atoms with Gasteiger partial charge in [0.05, 0.1) is 12.7 Å². The highest BCUT2D eigenvalue weighted by atomic mass is 16.7. The molecule has 0 aliphatic carbocycles. The molecule has 98 valence electrons. The smallest absolute Gasteiger partial charge is 0.186 e. The summed E-state index contributed by atoms with van der Waals surface area (Å²) in [6, 6.07) is 10.1. The molecule has 0 spiro atoms. The van der Waals surface area contributed by atoms with E-state index < -0.39 is 0 Å². The van der Waals surface area contributed by atoms with E-state index in [1.807, 2.05) is 25.1 Å². The molecule has 0 aromatic heterocycles. The van der Waals surface area contributed by atoms with Crippen LogP contribution in [0.1, 0.15) is 12.5 Å². The first kappa shape index (κ1) is 12.1. The quantitative estimate of drug-likeness (QED) is 0.763. The predicted molar refractivity (Wildman–Crippen MR) is 65.0 cm³/mol. The maximum atomic E-state index is 5.92. The molecule has 0 N–H and O–H groups in total. The summed E-state index contributed by atoms with van der Waals surface area (Å²) in [4.78, 5) is 0. The summed E-state index contributed by atoms with van der Waals surface area (Å²) in [6.07, 6.45) is -0.125. The van der Waals surface area contributed by atoms with E-state index in [4.69, 9.17) is 18.9 Å². The van der Waals surface area contributed by atoms with Crippen molar-refractivity contribution in [3.05, 3.63) is 35.9 Å². The van der Waals surface area contributed by atoms with Crippen molar-refractivity contribution >= 4 is 0 Å². The van der Waals surface area contributed by atoms with Crippen LogP contribution in [0.5, 0.6) is 0 Å².